The molecule has 2 unspecified atom stereocenters. The number of ether oxygens (including phenoxy) is 1. The molecule has 0 aliphatic carbocycles. The number of carbonyl (C=O) groups excluding carboxylic acids is 2. The van der Waals surface area contributed by atoms with Crippen LogP contribution in [-0.2, 0) is 19.5 Å². The number of amides is 3. The number of hydrogen-bond donors (Lipinski definition) is 4. The zero-order chi connectivity index (χ0) is 19.9. The van der Waals surface area contributed by atoms with E-state index >= 15 is 0 Å². The number of benzene rings is 1. The predicted molar refractivity (Wildman–Crippen MR) is 86.3 cm³/mol. The summed E-state index contributed by atoms with van der Waals surface area (Å²) in [5.41, 5.74) is 6.09. The van der Waals surface area contributed by atoms with Gasteiger partial charge in [0.1, 0.15) is 30.5 Å². The zero-order valence-corrected chi connectivity index (χ0v) is 14.6. The number of hydroxylamine groups is 2. The molecule has 0 aromatic heterocycles. The summed E-state index contributed by atoms with van der Waals surface area (Å²) in [6, 6.07) is 1.34. The van der Waals surface area contributed by atoms with Crippen molar-refractivity contribution in [3.8, 4) is 5.75 Å². The highest BCUT2D eigenvalue weighted by Crippen LogP contribution is 2.45. The van der Waals surface area contributed by atoms with Crippen LogP contribution in [0.15, 0.2) is 18.2 Å². The van der Waals surface area contributed by atoms with Gasteiger partial charge < -0.3 is 25.6 Å². The first-order valence-corrected chi connectivity index (χ1v) is 9.10. The molecule has 2 heterocycles. The molecule has 0 spiro atoms. The molecule has 27 heavy (non-hydrogen) atoms. The average molecular weight is 403 g/mol. The van der Waals surface area contributed by atoms with Gasteiger partial charge in [0.05, 0.1) is 13.2 Å². The molecule has 5 N–H and O–H groups in total. The highest BCUT2D eigenvalue weighted by molar-refractivity contribution is 7.80. The Kier molecular flexibility index (Phi) is 4.96. The molecular formula is C14H17N3O9S. The molecule has 0 saturated carbocycles. The summed E-state index contributed by atoms with van der Waals surface area (Å²) in [6.07, 6.45) is -1.11. The Morgan fingerprint density at radius 1 is 1.37 bits per heavy atom. The highest BCUT2D eigenvalue weighted by Gasteiger charge is 2.51. The topological polar surface area (TPSA) is 180 Å². The van der Waals surface area contributed by atoms with Crippen molar-refractivity contribution in [2.45, 2.75) is 18.2 Å². The number of primary amides is 1. The Hall–Kier alpha value is -2.45. The van der Waals surface area contributed by atoms with Crippen LogP contribution in [0.3, 0.4) is 0 Å². The lowest BCUT2D eigenvalue weighted by molar-refractivity contribution is -0.122. The molecule has 1 saturated heterocycles. The van der Waals surface area contributed by atoms with Crippen LogP contribution in [0, 0.1) is 0 Å². The van der Waals surface area contributed by atoms with Gasteiger partial charge in [-0.1, -0.05) is 6.07 Å². The maximum Gasteiger partial charge on any atom is 0.418 e. The van der Waals surface area contributed by atoms with E-state index in [0.29, 0.717) is 16.2 Å². The molecule has 13 heteroatoms. The predicted octanol–water partition coefficient (Wildman–Crippen LogP) is -1.53. The van der Waals surface area contributed by atoms with E-state index in [0.717, 1.165) is 4.90 Å². The van der Waals surface area contributed by atoms with Crippen LogP contribution in [0.4, 0.5) is 4.79 Å². The van der Waals surface area contributed by atoms with Crippen molar-refractivity contribution in [3.63, 3.8) is 0 Å². The van der Waals surface area contributed by atoms with E-state index in [1.165, 1.54) is 18.2 Å². The number of hydrogen-bond acceptors (Lipinski definition) is 8. The van der Waals surface area contributed by atoms with Crippen LogP contribution in [0.25, 0.3) is 0 Å². The van der Waals surface area contributed by atoms with E-state index in [1.807, 2.05) is 0 Å². The molecule has 1 aromatic carbocycles. The van der Waals surface area contributed by atoms with E-state index < -0.39 is 47.1 Å². The smallest absolute Gasteiger partial charge is 0.418 e. The van der Waals surface area contributed by atoms with E-state index in [4.69, 9.17) is 20.1 Å². The molecule has 2 aliphatic rings. The SMILES string of the molecule is NC(=O)C1c2ccc(OCC(O)CO)cc2[C@H]2CN1C(=O)N2OS(=O)(=O)O. The fourth-order valence-corrected chi connectivity index (χ4v) is 3.49. The highest BCUT2D eigenvalue weighted by atomic mass is 32.3. The minimum Gasteiger partial charge on any atom is -0.491 e. The van der Waals surface area contributed by atoms with E-state index in [1.54, 1.807) is 0 Å². The summed E-state index contributed by atoms with van der Waals surface area (Å²) in [5.74, 6) is -0.592. The number of rotatable bonds is 7. The van der Waals surface area contributed by atoms with Gasteiger partial charge in [-0.25, -0.2) is 4.79 Å². The Bertz CT molecular complexity index is 875. The second kappa shape index (κ2) is 6.94. The first-order valence-electron chi connectivity index (χ1n) is 7.74. The number of urea groups is 1. The van der Waals surface area contributed by atoms with Crippen molar-refractivity contribution < 1.29 is 41.8 Å². The first-order chi connectivity index (χ1) is 12.6. The van der Waals surface area contributed by atoms with Crippen LogP contribution < -0.4 is 10.5 Å². The van der Waals surface area contributed by atoms with E-state index in [-0.39, 0.29) is 18.9 Å². The molecule has 1 fully saturated rings. The molecule has 148 valence electrons. The lowest BCUT2D eigenvalue weighted by atomic mass is 9.90. The van der Waals surface area contributed by atoms with E-state index in [9.17, 15) is 23.1 Å². The fraction of sp³-hybridized carbons (Fsp3) is 0.429. The summed E-state index contributed by atoms with van der Waals surface area (Å²) in [4.78, 5) is 25.4. The first kappa shape index (κ1) is 19.3. The number of nitrogens with zero attached hydrogens (tertiary/aromatic N) is 2. The van der Waals surface area contributed by atoms with E-state index in [2.05, 4.69) is 4.28 Å². The van der Waals surface area contributed by atoms with Crippen molar-refractivity contribution in [3.05, 3.63) is 29.3 Å². The van der Waals surface area contributed by atoms with Crippen molar-refractivity contribution in [1.29, 1.82) is 0 Å². The zero-order valence-electron chi connectivity index (χ0n) is 13.8. The van der Waals surface area contributed by atoms with Gasteiger partial charge in [0, 0.05) is 0 Å². The largest absolute Gasteiger partial charge is 0.491 e. The van der Waals surface area contributed by atoms with Gasteiger partial charge in [0.15, 0.2) is 0 Å². The standard InChI is InChI=1S/C14H17N3O9S/c15-13(20)12-9-2-1-8(25-6-7(19)5-18)3-10(9)11-4-16(12)14(21)17(11)26-27(22,23)24/h1-3,7,11-12,18-19H,4-6H2,(H2,15,20)(H,22,23,24)/t7?,11-,12?/m1/s1. The maximum atomic E-state index is 12.4. The van der Waals surface area contributed by atoms with Gasteiger partial charge >= 0.3 is 16.4 Å². The van der Waals surface area contributed by atoms with Crippen molar-refractivity contribution >= 4 is 22.3 Å². The Labute approximate surface area is 153 Å². The lowest BCUT2D eigenvalue weighted by Gasteiger charge is -2.31. The van der Waals surface area contributed by atoms with Gasteiger partial charge in [0.2, 0.25) is 5.91 Å². The number of fused-ring (bicyclic) bond motifs is 4. The minimum atomic E-state index is -4.98. The Morgan fingerprint density at radius 2 is 2.07 bits per heavy atom. The number of carbonyl (C=O) groups is 2. The van der Waals surface area contributed by atoms with Gasteiger partial charge in [-0.3, -0.25) is 9.35 Å². The molecule has 1 aromatic rings. The molecular weight excluding hydrogens is 386 g/mol. The van der Waals surface area contributed by atoms with Gasteiger partial charge in [0.25, 0.3) is 0 Å². The second-order valence-corrected chi connectivity index (χ2v) is 7.03. The van der Waals surface area contributed by atoms with Gasteiger partial charge in [-0.15, -0.1) is 4.28 Å². The van der Waals surface area contributed by atoms with Crippen molar-refractivity contribution in [1.82, 2.24) is 9.96 Å². The van der Waals surface area contributed by atoms with Gasteiger partial charge in [-0.2, -0.15) is 13.5 Å². The Balaban J connectivity index is 2.00. The summed E-state index contributed by atoms with van der Waals surface area (Å²) >= 11 is 0. The monoisotopic (exact) mass is 403 g/mol. The van der Waals surface area contributed by atoms with Gasteiger partial charge in [-0.05, 0) is 23.3 Å². The number of aliphatic hydroxyl groups excluding tert-OH is 2. The Morgan fingerprint density at radius 3 is 2.67 bits per heavy atom. The molecule has 2 bridgehead atoms. The lowest BCUT2D eigenvalue weighted by Crippen LogP contribution is -2.41. The second-order valence-electron chi connectivity index (χ2n) is 6.02. The van der Waals surface area contributed by atoms with Crippen LogP contribution >= 0.6 is 0 Å². The van der Waals surface area contributed by atoms with Crippen LogP contribution in [0.2, 0.25) is 0 Å². The molecule has 2 aliphatic heterocycles. The quantitative estimate of drug-likeness (QED) is 0.393. The summed E-state index contributed by atoms with van der Waals surface area (Å²) in [6.45, 7) is -0.816. The average Bonchev–Trinajstić information content (AvgIpc) is 2.85. The minimum absolute atomic E-state index is 0.0995. The fourth-order valence-electron chi connectivity index (χ4n) is 3.12. The third kappa shape index (κ3) is 3.68. The maximum absolute atomic E-state index is 12.4. The van der Waals surface area contributed by atoms with Crippen molar-refractivity contribution in [2.75, 3.05) is 19.8 Å². The van der Waals surface area contributed by atoms with Crippen molar-refractivity contribution in [2.24, 2.45) is 5.73 Å². The van der Waals surface area contributed by atoms with Crippen LogP contribution in [0.5, 0.6) is 5.75 Å². The molecule has 0 radical (unpaired) electrons. The third-order valence-electron chi connectivity index (χ3n) is 4.21. The summed E-state index contributed by atoms with van der Waals surface area (Å²) < 4.78 is 40.8. The molecule has 3 amide bonds. The normalized spacial score (nSPS) is 22.6. The third-order valence-corrected chi connectivity index (χ3v) is 4.56. The number of aliphatic hydroxyl groups is 2. The van der Waals surface area contributed by atoms with Crippen LogP contribution in [-0.4, -0.2) is 70.9 Å². The van der Waals surface area contributed by atoms with Crippen LogP contribution in [0.1, 0.15) is 23.2 Å². The summed E-state index contributed by atoms with van der Waals surface area (Å²) in [7, 11) is -4.98. The molecule has 12 nitrogen and oxygen atoms in total. The number of nitrogens with two attached hydrogens (primary N) is 1. The summed E-state index contributed by atoms with van der Waals surface area (Å²) in [5, 5.41) is 18.6. The molecule has 3 atom stereocenters. The molecule has 3 rings (SSSR count).